The maximum atomic E-state index is 12.8. The second kappa shape index (κ2) is 8.76. The molecule has 0 aliphatic carbocycles. The molecule has 0 spiro atoms. The first kappa shape index (κ1) is 20.2. The summed E-state index contributed by atoms with van der Waals surface area (Å²) in [5, 5.41) is 1.11. The van der Waals surface area contributed by atoms with E-state index in [0.717, 1.165) is 6.42 Å². The largest absolute Gasteiger partial charge is 0.457 e. The Morgan fingerprint density at radius 2 is 1.86 bits per heavy atom. The molecule has 2 heterocycles. The standard InChI is InChI=1S/C22H15Cl2NO2S2/c23-15-6-8-18(24)17(12-15)19-9-7-16(27-19)13-20-21(26)25(22(28)29-20)11-10-14-4-2-1-3-5-14/h1-9,12-13H,10-11H2/b20-13-. The third-order valence-corrected chi connectivity index (χ3v) is 6.38. The summed E-state index contributed by atoms with van der Waals surface area (Å²) >= 11 is 19.0. The molecule has 0 N–H and O–H groups in total. The Kier molecular flexibility index (Phi) is 6.11. The molecule has 0 bridgehead atoms. The maximum Gasteiger partial charge on any atom is 0.266 e. The number of thiocarbonyl (C=S) groups is 1. The minimum absolute atomic E-state index is 0.102. The first-order valence-electron chi connectivity index (χ1n) is 8.86. The third-order valence-electron chi connectivity index (χ3n) is 4.43. The molecule has 0 saturated carbocycles. The van der Waals surface area contributed by atoms with Crippen LogP contribution in [0.2, 0.25) is 10.0 Å². The molecule has 0 radical (unpaired) electrons. The van der Waals surface area contributed by atoms with E-state index in [-0.39, 0.29) is 5.91 Å². The number of hydrogen-bond acceptors (Lipinski definition) is 4. The summed E-state index contributed by atoms with van der Waals surface area (Å²) in [7, 11) is 0. The first-order valence-corrected chi connectivity index (χ1v) is 10.8. The van der Waals surface area contributed by atoms with E-state index in [1.54, 1.807) is 41.3 Å². The van der Waals surface area contributed by atoms with Crippen molar-refractivity contribution in [1.29, 1.82) is 0 Å². The first-order chi connectivity index (χ1) is 14.0. The number of thioether (sulfide) groups is 1. The molecule has 7 heteroatoms. The average Bonchev–Trinajstić information content (AvgIpc) is 3.28. The predicted octanol–water partition coefficient (Wildman–Crippen LogP) is 6.70. The van der Waals surface area contributed by atoms with E-state index in [1.807, 2.05) is 30.3 Å². The second-order valence-electron chi connectivity index (χ2n) is 6.40. The van der Waals surface area contributed by atoms with Crippen molar-refractivity contribution in [1.82, 2.24) is 4.90 Å². The van der Waals surface area contributed by atoms with Crippen LogP contribution in [0.4, 0.5) is 0 Å². The van der Waals surface area contributed by atoms with Crippen molar-refractivity contribution in [3.63, 3.8) is 0 Å². The van der Waals surface area contributed by atoms with Gasteiger partial charge in [0, 0.05) is 23.2 Å². The lowest BCUT2D eigenvalue weighted by atomic mass is 10.1. The van der Waals surface area contributed by atoms with Crippen molar-refractivity contribution in [2.75, 3.05) is 6.54 Å². The molecule has 1 aliphatic rings. The van der Waals surface area contributed by atoms with Gasteiger partial charge < -0.3 is 4.42 Å². The zero-order valence-electron chi connectivity index (χ0n) is 15.1. The average molecular weight is 460 g/mol. The van der Waals surface area contributed by atoms with Gasteiger partial charge >= 0.3 is 0 Å². The summed E-state index contributed by atoms with van der Waals surface area (Å²) < 4.78 is 6.43. The van der Waals surface area contributed by atoms with Crippen LogP contribution in [-0.2, 0) is 11.2 Å². The molecular formula is C22H15Cl2NO2S2. The van der Waals surface area contributed by atoms with Crippen LogP contribution in [0.15, 0.2) is 70.0 Å². The van der Waals surface area contributed by atoms with Crippen LogP contribution in [0.25, 0.3) is 17.4 Å². The quantitative estimate of drug-likeness (QED) is 0.314. The lowest BCUT2D eigenvalue weighted by Crippen LogP contribution is -2.30. The van der Waals surface area contributed by atoms with Crippen LogP contribution < -0.4 is 0 Å². The van der Waals surface area contributed by atoms with Crippen LogP contribution >= 0.6 is 47.2 Å². The maximum absolute atomic E-state index is 12.8. The molecule has 29 heavy (non-hydrogen) atoms. The van der Waals surface area contributed by atoms with Crippen LogP contribution in [0.3, 0.4) is 0 Å². The van der Waals surface area contributed by atoms with Gasteiger partial charge in [0.2, 0.25) is 0 Å². The smallest absolute Gasteiger partial charge is 0.266 e. The SMILES string of the molecule is O=C1/C(=C/c2ccc(-c3cc(Cl)ccc3Cl)o2)SC(=S)N1CCc1ccccc1. The monoisotopic (exact) mass is 459 g/mol. The molecule has 0 atom stereocenters. The van der Waals surface area contributed by atoms with Gasteiger partial charge in [-0.05, 0) is 42.3 Å². The van der Waals surface area contributed by atoms with E-state index in [4.69, 9.17) is 39.8 Å². The van der Waals surface area contributed by atoms with Crippen LogP contribution in [-0.4, -0.2) is 21.7 Å². The fourth-order valence-corrected chi connectivity index (χ4v) is 4.64. The Morgan fingerprint density at radius 3 is 2.66 bits per heavy atom. The Balaban J connectivity index is 1.50. The van der Waals surface area contributed by atoms with Crippen LogP contribution in [0, 0.1) is 0 Å². The Hall–Kier alpha value is -2.05. The van der Waals surface area contributed by atoms with Crippen molar-refractivity contribution in [2.45, 2.75) is 6.42 Å². The van der Waals surface area contributed by atoms with Crippen molar-refractivity contribution in [3.05, 3.63) is 86.9 Å². The third kappa shape index (κ3) is 4.59. The van der Waals surface area contributed by atoms with Gasteiger partial charge in [-0.25, -0.2) is 0 Å². The fourth-order valence-electron chi connectivity index (χ4n) is 2.97. The van der Waals surface area contributed by atoms with Crippen molar-refractivity contribution in [2.24, 2.45) is 0 Å². The van der Waals surface area contributed by atoms with E-state index in [2.05, 4.69) is 0 Å². The predicted molar refractivity (Wildman–Crippen MR) is 124 cm³/mol. The molecule has 1 aromatic heterocycles. The number of carbonyl (C=O) groups excluding carboxylic acids is 1. The number of furan rings is 1. The number of rotatable bonds is 5. The second-order valence-corrected chi connectivity index (χ2v) is 8.91. The van der Waals surface area contributed by atoms with E-state index in [9.17, 15) is 4.79 Å². The van der Waals surface area contributed by atoms with E-state index in [0.29, 0.717) is 42.9 Å². The summed E-state index contributed by atoms with van der Waals surface area (Å²) in [6.07, 6.45) is 2.46. The number of hydrogen-bond donors (Lipinski definition) is 0. The minimum atomic E-state index is -0.102. The van der Waals surface area contributed by atoms with Crippen molar-refractivity contribution >= 4 is 63.5 Å². The number of halogens is 2. The van der Waals surface area contributed by atoms with Gasteiger partial charge in [0.05, 0.1) is 9.93 Å². The lowest BCUT2D eigenvalue weighted by Gasteiger charge is -2.14. The van der Waals surface area contributed by atoms with Crippen LogP contribution in [0.5, 0.6) is 0 Å². The molecule has 1 aliphatic heterocycles. The van der Waals surface area contributed by atoms with Gasteiger partial charge in [-0.1, -0.05) is 77.5 Å². The van der Waals surface area contributed by atoms with Gasteiger partial charge in [-0.3, -0.25) is 9.69 Å². The van der Waals surface area contributed by atoms with Gasteiger partial charge in [0.15, 0.2) is 0 Å². The number of benzene rings is 2. The van der Waals surface area contributed by atoms with E-state index in [1.165, 1.54) is 17.3 Å². The molecule has 2 aromatic carbocycles. The fraction of sp³-hybridized carbons (Fsp3) is 0.0909. The normalized spacial score (nSPS) is 15.5. The van der Waals surface area contributed by atoms with Gasteiger partial charge in [-0.2, -0.15) is 0 Å². The van der Waals surface area contributed by atoms with Gasteiger partial charge in [0.1, 0.15) is 15.8 Å². The van der Waals surface area contributed by atoms with Crippen LogP contribution in [0.1, 0.15) is 11.3 Å². The summed E-state index contributed by atoms with van der Waals surface area (Å²) in [6, 6.07) is 18.8. The zero-order chi connectivity index (χ0) is 20.4. The molecule has 1 saturated heterocycles. The summed E-state index contributed by atoms with van der Waals surface area (Å²) in [5.74, 6) is 1.04. The summed E-state index contributed by atoms with van der Waals surface area (Å²) in [4.78, 5) is 15.0. The van der Waals surface area contributed by atoms with E-state index >= 15 is 0 Å². The molecule has 1 fully saturated rings. The molecule has 1 amide bonds. The highest BCUT2D eigenvalue weighted by Crippen LogP contribution is 2.35. The summed E-state index contributed by atoms with van der Waals surface area (Å²) in [5.41, 5.74) is 1.87. The van der Waals surface area contributed by atoms with Gasteiger partial charge in [0.25, 0.3) is 5.91 Å². The molecule has 0 unspecified atom stereocenters. The molecule has 146 valence electrons. The van der Waals surface area contributed by atoms with Gasteiger partial charge in [-0.15, -0.1) is 0 Å². The summed E-state index contributed by atoms with van der Waals surface area (Å²) in [6.45, 7) is 0.549. The molecule has 4 rings (SSSR count). The molecule has 3 nitrogen and oxygen atoms in total. The minimum Gasteiger partial charge on any atom is -0.457 e. The number of nitrogens with zero attached hydrogens (tertiary/aromatic N) is 1. The number of carbonyl (C=O) groups is 1. The Morgan fingerprint density at radius 1 is 1.07 bits per heavy atom. The van der Waals surface area contributed by atoms with E-state index < -0.39 is 0 Å². The highest BCUT2D eigenvalue weighted by atomic mass is 35.5. The molecular weight excluding hydrogens is 445 g/mol. The highest BCUT2D eigenvalue weighted by molar-refractivity contribution is 8.26. The Bertz CT molecular complexity index is 1110. The zero-order valence-corrected chi connectivity index (χ0v) is 18.2. The highest BCUT2D eigenvalue weighted by Gasteiger charge is 2.31. The Labute approximate surface area is 188 Å². The van der Waals surface area contributed by atoms with Crippen molar-refractivity contribution in [3.8, 4) is 11.3 Å². The number of amides is 1. The topological polar surface area (TPSA) is 33.5 Å². The lowest BCUT2D eigenvalue weighted by molar-refractivity contribution is -0.122. The molecule has 3 aromatic rings. The van der Waals surface area contributed by atoms with Crippen molar-refractivity contribution < 1.29 is 9.21 Å².